The maximum atomic E-state index is 8.52. The lowest BCUT2D eigenvalue weighted by molar-refractivity contribution is 0.342. The molecule has 0 bridgehead atoms. The largest absolute Gasteiger partial charge is 0.392 e. The molecule has 0 aliphatic rings. The smallest absolute Gasteiger partial charge is 0.0612 e. The van der Waals surface area contributed by atoms with Crippen molar-refractivity contribution in [2.24, 2.45) is 0 Å². The molecule has 0 aromatic heterocycles. The molecule has 0 spiro atoms. The number of unbranched alkanes of at least 4 members (excludes halogenated alkanes) is 7. The second-order valence-corrected chi connectivity index (χ2v) is 4.01. The van der Waals surface area contributed by atoms with Crippen LogP contribution in [0.4, 0.5) is 0 Å². The van der Waals surface area contributed by atoms with E-state index >= 15 is 0 Å². The summed E-state index contributed by atoms with van der Waals surface area (Å²) in [7, 11) is 0. The number of allylic oxidation sites excluding steroid dienone is 2. The van der Waals surface area contributed by atoms with Crippen LogP contribution in [0, 0.1) is 0 Å². The topological polar surface area (TPSA) is 40.5 Å². The van der Waals surface area contributed by atoms with Gasteiger partial charge in [0.2, 0.25) is 0 Å². The fourth-order valence-corrected chi connectivity index (χ4v) is 1.62. The van der Waals surface area contributed by atoms with Crippen molar-refractivity contribution in [2.75, 3.05) is 13.2 Å². The first kappa shape index (κ1) is 15.4. The molecule has 0 aliphatic carbocycles. The molecule has 16 heavy (non-hydrogen) atoms. The van der Waals surface area contributed by atoms with E-state index in [0.717, 1.165) is 12.8 Å². The van der Waals surface area contributed by atoms with Gasteiger partial charge in [0.15, 0.2) is 0 Å². The van der Waals surface area contributed by atoms with Crippen LogP contribution in [-0.4, -0.2) is 23.4 Å². The third kappa shape index (κ3) is 13.4. The van der Waals surface area contributed by atoms with Gasteiger partial charge in [0.05, 0.1) is 13.2 Å². The molecular weight excluding hydrogens is 200 g/mol. The van der Waals surface area contributed by atoms with E-state index in [4.69, 9.17) is 10.2 Å². The zero-order chi connectivity index (χ0) is 11.9. The monoisotopic (exact) mass is 226 g/mol. The van der Waals surface area contributed by atoms with Gasteiger partial charge in [-0.1, -0.05) is 50.0 Å². The van der Waals surface area contributed by atoms with Gasteiger partial charge in [-0.25, -0.2) is 0 Å². The Balaban J connectivity index is 2.98. The summed E-state index contributed by atoms with van der Waals surface area (Å²) in [4.78, 5) is 0. The minimum Gasteiger partial charge on any atom is -0.392 e. The van der Waals surface area contributed by atoms with Crippen molar-refractivity contribution < 1.29 is 10.2 Å². The summed E-state index contributed by atoms with van der Waals surface area (Å²) in [5.41, 5.74) is 0. The van der Waals surface area contributed by atoms with E-state index in [1.54, 1.807) is 0 Å². The second kappa shape index (κ2) is 14.4. The van der Waals surface area contributed by atoms with E-state index in [-0.39, 0.29) is 13.2 Å². The number of hydrogen-bond acceptors (Lipinski definition) is 2. The molecule has 0 saturated carbocycles. The van der Waals surface area contributed by atoms with E-state index in [0.29, 0.717) is 0 Å². The zero-order valence-corrected chi connectivity index (χ0v) is 10.3. The molecule has 0 aromatic rings. The first-order valence-electron chi connectivity index (χ1n) is 6.43. The van der Waals surface area contributed by atoms with Crippen LogP contribution in [0.1, 0.15) is 51.4 Å². The van der Waals surface area contributed by atoms with Crippen LogP contribution >= 0.6 is 0 Å². The Bertz CT molecular complexity index is 154. The van der Waals surface area contributed by atoms with E-state index in [1.165, 1.54) is 38.5 Å². The van der Waals surface area contributed by atoms with Crippen molar-refractivity contribution in [1.82, 2.24) is 0 Å². The first-order chi connectivity index (χ1) is 7.91. The third-order valence-corrected chi connectivity index (χ3v) is 2.54. The quantitative estimate of drug-likeness (QED) is 0.419. The fraction of sp³-hybridized carbons (Fsp3) is 0.714. The minimum absolute atomic E-state index is 0.168. The SMILES string of the molecule is OCC=CCCCCCCCCC=CCO. The molecule has 0 unspecified atom stereocenters. The molecule has 0 rings (SSSR count). The summed E-state index contributed by atoms with van der Waals surface area (Å²) in [6.45, 7) is 0.336. The summed E-state index contributed by atoms with van der Waals surface area (Å²) in [6.07, 6.45) is 17.6. The summed E-state index contributed by atoms with van der Waals surface area (Å²) >= 11 is 0. The van der Waals surface area contributed by atoms with Gasteiger partial charge < -0.3 is 10.2 Å². The van der Waals surface area contributed by atoms with Gasteiger partial charge in [0, 0.05) is 0 Å². The highest BCUT2D eigenvalue weighted by atomic mass is 16.3. The van der Waals surface area contributed by atoms with Gasteiger partial charge in [0.25, 0.3) is 0 Å². The molecule has 0 radical (unpaired) electrons. The molecule has 0 aromatic carbocycles. The molecular formula is C14H26O2. The van der Waals surface area contributed by atoms with E-state index in [9.17, 15) is 0 Å². The lowest BCUT2D eigenvalue weighted by atomic mass is 10.1. The molecule has 0 saturated heterocycles. The van der Waals surface area contributed by atoms with E-state index in [1.807, 2.05) is 12.2 Å². The average molecular weight is 226 g/mol. The van der Waals surface area contributed by atoms with Gasteiger partial charge in [0.1, 0.15) is 0 Å². The van der Waals surface area contributed by atoms with Crippen LogP contribution in [0.5, 0.6) is 0 Å². The second-order valence-electron chi connectivity index (χ2n) is 4.01. The maximum Gasteiger partial charge on any atom is 0.0612 e. The summed E-state index contributed by atoms with van der Waals surface area (Å²) in [5.74, 6) is 0. The number of hydrogen-bond donors (Lipinski definition) is 2. The molecule has 2 nitrogen and oxygen atoms in total. The van der Waals surface area contributed by atoms with Crippen molar-refractivity contribution in [3.63, 3.8) is 0 Å². The van der Waals surface area contributed by atoms with Gasteiger partial charge in [-0.2, -0.15) is 0 Å². The van der Waals surface area contributed by atoms with Gasteiger partial charge in [-0.3, -0.25) is 0 Å². The Hall–Kier alpha value is -0.600. The molecule has 0 fully saturated rings. The molecule has 2 heteroatoms. The third-order valence-electron chi connectivity index (χ3n) is 2.54. The van der Waals surface area contributed by atoms with Gasteiger partial charge in [-0.15, -0.1) is 0 Å². The predicted molar refractivity (Wildman–Crippen MR) is 69.4 cm³/mol. The van der Waals surface area contributed by atoms with Crippen LogP contribution in [0.15, 0.2) is 24.3 Å². The molecule has 0 aliphatic heterocycles. The molecule has 0 amide bonds. The predicted octanol–water partition coefficient (Wildman–Crippen LogP) is 3.20. The first-order valence-corrected chi connectivity index (χ1v) is 6.43. The normalized spacial score (nSPS) is 11.9. The van der Waals surface area contributed by atoms with Crippen LogP contribution in [0.3, 0.4) is 0 Å². The van der Waals surface area contributed by atoms with Gasteiger partial charge >= 0.3 is 0 Å². The minimum atomic E-state index is 0.168. The number of aliphatic hydroxyl groups excluding tert-OH is 2. The van der Waals surface area contributed by atoms with Crippen LogP contribution < -0.4 is 0 Å². The van der Waals surface area contributed by atoms with Crippen LogP contribution in [0.2, 0.25) is 0 Å². The highest BCUT2D eigenvalue weighted by molar-refractivity contribution is 4.81. The fourth-order valence-electron chi connectivity index (χ4n) is 1.62. The van der Waals surface area contributed by atoms with E-state index < -0.39 is 0 Å². The Morgan fingerprint density at radius 2 is 0.875 bits per heavy atom. The van der Waals surface area contributed by atoms with Crippen molar-refractivity contribution in [3.05, 3.63) is 24.3 Å². The molecule has 94 valence electrons. The highest BCUT2D eigenvalue weighted by Gasteiger charge is 1.89. The Morgan fingerprint density at radius 1 is 0.500 bits per heavy atom. The molecule has 0 heterocycles. The van der Waals surface area contributed by atoms with Crippen molar-refractivity contribution in [3.8, 4) is 0 Å². The highest BCUT2D eigenvalue weighted by Crippen LogP contribution is 2.09. The van der Waals surface area contributed by atoms with Crippen LogP contribution in [-0.2, 0) is 0 Å². The lowest BCUT2D eigenvalue weighted by Gasteiger charge is -1.99. The number of rotatable bonds is 11. The van der Waals surface area contributed by atoms with Crippen molar-refractivity contribution in [2.45, 2.75) is 51.4 Å². The van der Waals surface area contributed by atoms with Crippen molar-refractivity contribution in [1.29, 1.82) is 0 Å². The zero-order valence-electron chi connectivity index (χ0n) is 10.3. The van der Waals surface area contributed by atoms with E-state index in [2.05, 4.69) is 12.2 Å². The summed E-state index contributed by atoms with van der Waals surface area (Å²) in [6, 6.07) is 0. The maximum absolute atomic E-state index is 8.52. The molecule has 0 atom stereocenters. The van der Waals surface area contributed by atoms with Crippen LogP contribution in [0.25, 0.3) is 0 Å². The van der Waals surface area contributed by atoms with Gasteiger partial charge in [-0.05, 0) is 25.7 Å². The summed E-state index contributed by atoms with van der Waals surface area (Å²) < 4.78 is 0. The number of aliphatic hydroxyl groups is 2. The van der Waals surface area contributed by atoms with Crippen molar-refractivity contribution >= 4 is 0 Å². The summed E-state index contributed by atoms with van der Waals surface area (Å²) in [5, 5.41) is 17.0. The Morgan fingerprint density at radius 3 is 1.25 bits per heavy atom. The Kier molecular flexibility index (Phi) is 13.9. The standard InChI is InChI=1S/C14H26O2/c15-13-11-9-7-5-3-1-2-4-6-8-10-12-14-16/h9-12,15-16H,1-8,13-14H2. The average Bonchev–Trinajstić information content (AvgIpc) is 2.31. The molecule has 2 N–H and O–H groups in total. The Labute approximate surface area is 99.7 Å². The lowest BCUT2D eigenvalue weighted by Crippen LogP contribution is -1.80.